The maximum Gasteiger partial charge on any atom is 0.328 e. The number of hydrogen-bond donors (Lipinski definition) is 1. The highest BCUT2D eigenvalue weighted by Gasteiger charge is 2.22. The Balaban J connectivity index is 1.53. The summed E-state index contributed by atoms with van der Waals surface area (Å²) in [5.41, 5.74) is -0.0546. The van der Waals surface area contributed by atoms with Gasteiger partial charge in [0.05, 0.1) is 18.1 Å². The van der Waals surface area contributed by atoms with Crippen molar-refractivity contribution in [1.82, 2.24) is 9.55 Å². The predicted octanol–water partition coefficient (Wildman–Crippen LogP) is 1.93. The average molecular weight is 407 g/mol. The number of nitrogens with zero attached hydrogens (tertiary/aromatic N) is 1. The molecular formula is C20H26N2O5S. The Hall–Kier alpha value is -2.35. The fourth-order valence-corrected chi connectivity index (χ4v) is 4.73. The Labute approximate surface area is 164 Å². The van der Waals surface area contributed by atoms with Crippen molar-refractivity contribution in [3.63, 3.8) is 0 Å². The predicted molar refractivity (Wildman–Crippen MR) is 108 cm³/mol. The highest BCUT2D eigenvalue weighted by Crippen LogP contribution is 2.30. The maximum absolute atomic E-state index is 12.5. The van der Waals surface area contributed by atoms with Crippen LogP contribution in [0, 0.1) is 5.92 Å². The highest BCUT2D eigenvalue weighted by molar-refractivity contribution is 7.91. The Morgan fingerprint density at radius 2 is 2.04 bits per heavy atom. The molecule has 0 spiro atoms. The molecule has 1 aromatic carbocycles. The minimum Gasteiger partial charge on any atom is -0.493 e. The van der Waals surface area contributed by atoms with Crippen LogP contribution in [0.5, 0.6) is 5.75 Å². The molecule has 28 heavy (non-hydrogen) atoms. The molecule has 0 bridgehead atoms. The molecular weight excluding hydrogens is 380 g/mol. The van der Waals surface area contributed by atoms with Crippen molar-refractivity contribution in [3.05, 3.63) is 62.9 Å². The van der Waals surface area contributed by atoms with Gasteiger partial charge in [0.25, 0.3) is 5.56 Å². The van der Waals surface area contributed by atoms with Crippen LogP contribution in [-0.2, 0) is 16.4 Å². The van der Waals surface area contributed by atoms with Crippen LogP contribution in [0.2, 0.25) is 0 Å². The van der Waals surface area contributed by atoms with Gasteiger partial charge < -0.3 is 9.30 Å². The lowest BCUT2D eigenvalue weighted by atomic mass is 10.0. The molecule has 1 N–H and O–H groups in total. The molecule has 1 aromatic heterocycles. The number of aryl methyl sites for hydroxylation is 1. The van der Waals surface area contributed by atoms with E-state index < -0.39 is 21.1 Å². The third-order valence-electron chi connectivity index (χ3n) is 4.86. The van der Waals surface area contributed by atoms with E-state index >= 15 is 0 Å². The number of ether oxygens (including phenoxy) is 1. The molecule has 1 aliphatic rings. The van der Waals surface area contributed by atoms with Gasteiger partial charge in [0, 0.05) is 18.8 Å². The highest BCUT2D eigenvalue weighted by atomic mass is 32.2. The Morgan fingerprint density at radius 1 is 1.25 bits per heavy atom. The molecule has 0 amide bonds. The molecule has 7 nitrogen and oxygen atoms in total. The Kier molecular flexibility index (Phi) is 6.39. The molecule has 0 saturated heterocycles. The first kappa shape index (κ1) is 20.4. The second-order valence-corrected chi connectivity index (χ2v) is 9.73. The number of aromatic amines is 1. The average Bonchev–Trinajstić information content (AvgIpc) is 3.46. The third-order valence-corrected chi connectivity index (χ3v) is 6.78. The number of H-pyrrole nitrogens is 1. The fraction of sp³-hybridized carbons (Fsp3) is 0.500. The molecule has 8 heteroatoms. The number of benzene rings is 1. The topological polar surface area (TPSA) is 98.2 Å². The third kappa shape index (κ3) is 6.09. The van der Waals surface area contributed by atoms with Crippen LogP contribution in [-0.4, -0.2) is 36.1 Å². The molecule has 1 heterocycles. The quantitative estimate of drug-likeness (QED) is 0.650. The van der Waals surface area contributed by atoms with Crippen molar-refractivity contribution in [2.75, 3.05) is 18.1 Å². The minimum absolute atomic E-state index is 0.0131. The van der Waals surface area contributed by atoms with E-state index in [1.807, 2.05) is 31.2 Å². The molecule has 152 valence electrons. The smallest absolute Gasteiger partial charge is 0.328 e. The zero-order valence-corrected chi connectivity index (χ0v) is 16.8. The first-order valence-corrected chi connectivity index (χ1v) is 11.4. The maximum atomic E-state index is 12.5. The minimum atomic E-state index is -3.28. The molecule has 3 rings (SSSR count). The van der Waals surface area contributed by atoms with Gasteiger partial charge in [-0.3, -0.25) is 9.78 Å². The molecule has 0 radical (unpaired) electrons. The number of rotatable bonds is 10. The summed E-state index contributed by atoms with van der Waals surface area (Å²) in [6, 6.07) is 8.88. The summed E-state index contributed by atoms with van der Waals surface area (Å²) in [5.74, 6) is 1.33. The first-order chi connectivity index (χ1) is 13.3. The van der Waals surface area contributed by atoms with Crippen LogP contribution in [0.3, 0.4) is 0 Å². The molecule has 2 aromatic rings. The zero-order valence-electron chi connectivity index (χ0n) is 16.0. The number of sulfone groups is 1. The Bertz CT molecular complexity index is 1020. The Morgan fingerprint density at radius 3 is 2.75 bits per heavy atom. The second-order valence-electron chi connectivity index (χ2n) is 7.50. The number of hydrogen-bond acceptors (Lipinski definition) is 5. The summed E-state index contributed by atoms with van der Waals surface area (Å²) >= 11 is 0. The lowest BCUT2D eigenvalue weighted by Gasteiger charge is -2.14. The fourth-order valence-electron chi connectivity index (χ4n) is 3.05. The van der Waals surface area contributed by atoms with Gasteiger partial charge in [0.2, 0.25) is 0 Å². The van der Waals surface area contributed by atoms with Crippen LogP contribution >= 0.6 is 0 Å². The van der Waals surface area contributed by atoms with Gasteiger partial charge in [0.1, 0.15) is 5.75 Å². The van der Waals surface area contributed by atoms with Crippen molar-refractivity contribution in [1.29, 1.82) is 0 Å². The summed E-state index contributed by atoms with van der Waals surface area (Å²) in [6.07, 6.45) is 4.13. The second kappa shape index (κ2) is 8.77. The normalized spacial score (nSPS) is 15.3. The number of nitrogens with one attached hydrogen (secondary N) is 1. The van der Waals surface area contributed by atoms with Crippen LogP contribution in [0.15, 0.2) is 46.1 Å². The van der Waals surface area contributed by atoms with Gasteiger partial charge in [-0.25, -0.2) is 13.2 Å². The van der Waals surface area contributed by atoms with Gasteiger partial charge in [-0.1, -0.05) is 19.1 Å². The van der Waals surface area contributed by atoms with Gasteiger partial charge in [-0.15, -0.1) is 0 Å². The van der Waals surface area contributed by atoms with Crippen LogP contribution in [0.4, 0.5) is 0 Å². The molecule has 1 atom stereocenters. The molecule has 1 fully saturated rings. The van der Waals surface area contributed by atoms with E-state index in [0.717, 1.165) is 17.9 Å². The summed E-state index contributed by atoms with van der Waals surface area (Å²) < 4.78 is 32.0. The van der Waals surface area contributed by atoms with E-state index in [-0.39, 0.29) is 24.0 Å². The lowest BCUT2D eigenvalue weighted by molar-refractivity contribution is 0.299. The summed E-state index contributed by atoms with van der Waals surface area (Å²) in [7, 11) is -3.28. The van der Waals surface area contributed by atoms with E-state index in [2.05, 4.69) is 4.98 Å². The van der Waals surface area contributed by atoms with Gasteiger partial charge in [-0.2, -0.15) is 0 Å². The SMILES string of the molecule is C[C@@H](CS(=O)(=O)CCCn1ccc(=O)[nH]c1=O)c1cccc(OCC2CC2)c1. The van der Waals surface area contributed by atoms with Crippen molar-refractivity contribution in [2.24, 2.45) is 5.92 Å². The number of aromatic nitrogens is 2. The molecule has 0 unspecified atom stereocenters. The van der Waals surface area contributed by atoms with Gasteiger partial charge >= 0.3 is 5.69 Å². The van der Waals surface area contributed by atoms with Crippen LogP contribution in [0.25, 0.3) is 0 Å². The first-order valence-electron chi connectivity index (χ1n) is 9.55. The molecule has 0 aliphatic heterocycles. The van der Waals surface area contributed by atoms with Gasteiger partial charge in [0.15, 0.2) is 9.84 Å². The summed E-state index contributed by atoms with van der Waals surface area (Å²) in [6.45, 7) is 2.86. The van der Waals surface area contributed by atoms with Crippen molar-refractivity contribution in [2.45, 2.75) is 38.6 Å². The van der Waals surface area contributed by atoms with Crippen molar-refractivity contribution >= 4 is 9.84 Å². The van der Waals surface area contributed by atoms with E-state index in [9.17, 15) is 18.0 Å². The van der Waals surface area contributed by atoms with E-state index in [0.29, 0.717) is 12.3 Å². The summed E-state index contributed by atoms with van der Waals surface area (Å²) in [4.78, 5) is 24.9. The standard InChI is InChI=1S/C20H26N2O5S/c1-15(17-4-2-5-18(12-17)27-13-16-6-7-16)14-28(25,26)11-3-9-22-10-8-19(23)21-20(22)24/h2,4-5,8,10,12,15-16H,3,6-7,9,11,13-14H2,1H3,(H,21,23,24)/t15-/m0/s1. The summed E-state index contributed by atoms with van der Waals surface area (Å²) in [5, 5.41) is 0. The van der Waals surface area contributed by atoms with Gasteiger partial charge in [-0.05, 0) is 48.8 Å². The van der Waals surface area contributed by atoms with Crippen LogP contribution in [0.1, 0.15) is 37.7 Å². The van der Waals surface area contributed by atoms with Crippen molar-refractivity contribution in [3.8, 4) is 5.75 Å². The monoisotopic (exact) mass is 406 g/mol. The van der Waals surface area contributed by atoms with E-state index in [4.69, 9.17) is 4.74 Å². The zero-order chi connectivity index (χ0) is 20.1. The molecule has 1 aliphatic carbocycles. The lowest BCUT2D eigenvalue weighted by Crippen LogP contribution is -2.29. The van der Waals surface area contributed by atoms with Crippen LogP contribution < -0.4 is 16.0 Å². The van der Waals surface area contributed by atoms with E-state index in [1.165, 1.54) is 29.7 Å². The largest absolute Gasteiger partial charge is 0.493 e. The van der Waals surface area contributed by atoms with E-state index in [1.54, 1.807) is 0 Å². The molecule has 1 saturated carbocycles. The van der Waals surface area contributed by atoms with Crippen molar-refractivity contribution < 1.29 is 13.2 Å².